The zero-order chi connectivity index (χ0) is 26.4. The van der Waals surface area contributed by atoms with Gasteiger partial charge in [0.05, 0.1) is 5.69 Å². The van der Waals surface area contributed by atoms with Gasteiger partial charge in [-0.05, 0) is 45.9 Å². The number of hydrogen-bond acceptors (Lipinski definition) is 8. The van der Waals surface area contributed by atoms with Crippen LogP contribution in [0.15, 0.2) is 48.8 Å². The van der Waals surface area contributed by atoms with Crippen molar-refractivity contribution in [3.8, 4) is 17.2 Å². The molecule has 1 atom stereocenters. The standard InChI is InChI=1S/C28H31N7O3/c1-18-8-10-21(11-9-18)35-26-23(31-32-35)25(29-17-30-26)33-12-14-34(15-13-33)27(36)19(2)37-22-7-5-6-20-16-28(3,4)38-24(20)22/h5-11,17,19H,12-16H2,1-4H3. The Labute approximate surface area is 221 Å². The molecule has 4 heterocycles. The van der Waals surface area contributed by atoms with Crippen LogP contribution in [0.2, 0.25) is 0 Å². The fourth-order valence-electron chi connectivity index (χ4n) is 5.14. The van der Waals surface area contributed by atoms with Crippen molar-refractivity contribution < 1.29 is 14.3 Å². The van der Waals surface area contributed by atoms with Crippen LogP contribution in [0.25, 0.3) is 16.9 Å². The molecule has 1 fully saturated rings. The maximum atomic E-state index is 13.3. The Balaban J connectivity index is 1.13. The molecule has 0 aliphatic carbocycles. The van der Waals surface area contributed by atoms with E-state index in [9.17, 15) is 4.79 Å². The number of carbonyl (C=O) groups excluding carboxylic acids is 1. The van der Waals surface area contributed by atoms with Gasteiger partial charge < -0.3 is 19.3 Å². The first kappa shape index (κ1) is 24.1. The van der Waals surface area contributed by atoms with Crippen LogP contribution in [0.1, 0.15) is 31.9 Å². The number of hydrogen-bond donors (Lipinski definition) is 0. The van der Waals surface area contributed by atoms with Crippen molar-refractivity contribution in [3.63, 3.8) is 0 Å². The molecule has 38 heavy (non-hydrogen) atoms. The second-order valence-electron chi connectivity index (χ2n) is 10.6. The molecule has 10 nitrogen and oxygen atoms in total. The molecule has 2 aliphatic rings. The zero-order valence-corrected chi connectivity index (χ0v) is 22.1. The van der Waals surface area contributed by atoms with E-state index in [0.29, 0.717) is 43.1 Å². The summed E-state index contributed by atoms with van der Waals surface area (Å²) in [5, 5.41) is 8.73. The van der Waals surface area contributed by atoms with Crippen molar-refractivity contribution >= 4 is 22.9 Å². The highest BCUT2D eigenvalue weighted by molar-refractivity contribution is 5.84. The van der Waals surface area contributed by atoms with Gasteiger partial charge in [-0.1, -0.05) is 35.0 Å². The first-order valence-corrected chi connectivity index (χ1v) is 12.9. The number of nitrogens with zero attached hydrogens (tertiary/aromatic N) is 7. The Hall–Kier alpha value is -4.21. The van der Waals surface area contributed by atoms with Crippen LogP contribution in [0, 0.1) is 6.92 Å². The predicted octanol–water partition coefficient (Wildman–Crippen LogP) is 3.35. The maximum Gasteiger partial charge on any atom is 0.263 e. The van der Waals surface area contributed by atoms with Gasteiger partial charge in [-0.2, -0.15) is 4.68 Å². The highest BCUT2D eigenvalue weighted by Crippen LogP contribution is 2.42. The van der Waals surface area contributed by atoms with E-state index in [-0.39, 0.29) is 11.5 Å². The highest BCUT2D eigenvalue weighted by Gasteiger charge is 2.34. The summed E-state index contributed by atoms with van der Waals surface area (Å²) < 4.78 is 13.9. The van der Waals surface area contributed by atoms with Gasteiger partial charge in [-0.15, -0.1) is 5.10 Å². The molecule has 2 aliphatic heterocycles. The van der Waals surface area contributed by atoms with E-state index >= 15 is 0 Å². The van der Waals surface area contributed by atoms with Crippen molar-refractivity contribution in [2.24, 2.45) is 0 Å². The van der Waals surface area contributed by atoms with Crippen LogP contribution in [0.5, 0.6) is 11.5 Å². The molecule has 0 radical (unpaired) electrons. The fourth-order valence-corrected chi connectivity index (χ4v) is 5.14. The molecule has 6 rings (SSSR count). The smallest absolute Gasteiger partial charge is 0.263 e. The molecule has 4 aromatic rings. The van der Waals surface area contributed by atoms with Crippen LogP contribution in [0.4, 0.5) is 5.82 Å². The third-order valence-corrected chi connectivity index (χ3v) is 7.09. The number of piperazine rings is 1. The number of amides is 1. The topological polar surface area (TPSA) is 98.5 Å². The molecule has 196 valence electrons. The second-order valence-corrected chi connectivity index (χ2v) is 10.6. The van der Waals surface area contributed by atoms with Crippen LogP contribution >= 0.6 is 0 Å². The molecule has 2 aromatic heterocycles. The summed E-state index contributed by atoms with van der Waals surface area (Å²) in [4.78, 5) is 26.2. The summed E-state index contributed by atoms with van der Waals surface area (Å²) >= 11 is 0. The lowest BCUT2D eigenvalue weighted by Gasteiger charge is -2.36. The van der Waals surface area contributed by atoms with E-state index < -0.39 is 6.10 Å². The van der Waals surface area contributed by atoms with E-state index in [4.69, 9.17) is 9.47 Å². The van der Waals surface area contributed by atoms with Crippen molar-refractivity contribution in [1.29, 1.82) is 0 Å². The number of fused-ring (bicyclic) bond motifs is 2. The molecule has 10 heteroatoms. The summed E-state index contributed by atoms with van der Waals surface area (Å²) in [6.45, 7) is 10.3. The normalized spacial score (nSPS) is 17.3. The quantitative estimate of drug-likeness (QED) is 0.401. The Morgan fingerprint density at radius 2 is 1.82 bits per heavy atom. The van der Waals surface area contributed by atoms with Crippen molar-refractivity contribution in [3.05, 3.63) is 59.9 Å². The first-order chi connectivity index (χ1) is 18.3. The van der Waals surface area contributed by atoms with Crippen LogP contribution in [-0.4, -0.2) is 73.7 Å². The number of carbonyl (C=O) groups is 1. The van der Waals surface area contributed by atoms with E-state index in [1.54, 1.807) is 17.9 Å². The Bertz CT molecular complexity index is 1490. The average Bonchev–Trinajstić information content (AvgIpc) is 3.49. The third-order valence-electron chi connectivity index (χ3n) is 7.09. The van der Waals surface area contributed by atoms with Crippen LogP contribution in [0.3, 0.4) is 0 Å². The van der Waals surface area contributed by atoms with Gasteiger partial charge in [0.25, 0.3) is 5.91 Å². The minimum absolute atomic E-state index is 0.0438. The minimum Gasteiger partial charge on any atom is -0.483 e. The molecule has 0 N–H and O–H groups in total. The zero-order valence-electron chi connectivity index (χ0n) is 22.1. The number of anilines is 1. The Morgan fingerprint density at radius 1 is 1.05 bits per heavy atom. The second kappa shape index (κ2) is 9.27. The van der Waals surface area contributed by atoms with Gasteiger partial charge >= 0.3 is 0 Å². The van der Waals surface area contributed by atoms with Gasteiger partial charge in [0.1, 0.15) is 11.9 Å². The van der Waals surface area contributed by atoms with Crippen molar-refractivity contribution in [2.45, 2.75) is 45.8 Å². The number of ether oxygens (including phenoxy) is 2. The Morgan fingerprint density at radius 3 is 2.58 bits per heavy atom. The Kier molecular flexibility index (Phi) is 5.89. The molecule has 1 saturated heterocycles. The monoisotopic (exact) mass is 513 g/mol. The molecule has 0 bridgehead atoms. The molecule has 2 aromatic carbocycles. The highest BCUT2D eigenvalue weighted by atomic mass is 16.5. The lowest BCUT2D eigenvalue weighted by Crippen LogP contribution is -2.52. The summed E-state index contributed by atoms with van der Waals surface area (Å²) in [5.41, 5.74) is 4.20. The van der Waals surface area contributed by atoms with Gasteiger partial charge in [-0.25, -0.2) is 9.97 Å². The van der Waals surface area contributed by atoms with E-state index in [2.05, 4.69) is 39.0 Å². The lowest BCUT2D eigenvalue weighted by molar-refractivity contribution is -0.138. The van der Waals surface area contributed by atoms with E-state index in [1.165, 1.54) is 5.56 Å². The maximum absolute atomic E-state index is 13.3. The molecule has 1 unspecified atom stereocenters. The summed E-state index contributed by atoms with van der Waals surface area (Å²) in [7, 11) is 0. The number of benzene rings is 2. The minimum atomic E-state index is -0.625. The first-order valence-electron chi connectivity index (χ1n) is 12.9. The number of rotatable bonds is 5. The van der Waals surface area contributed by atoms with Gasteiger partial charge in [0.2, 0.25) is 0 Å². The summed E-state index contributed by atoms with van der Waals surface area (Å²) in [5.74, 6) is 2.04. The van der Waals surface area contributed by atoms with Crippen LogP contribution in [-0.2, 0) is 11.2 Å². The van der Waals surface area contributed by atoms with Crippen molar-refractivity contribution in [2.75, 3.05) is 31.1 Å². The summed E-state index contributed by atoms with van der Waals surface area (Å²) in [6.07, 6.45) is 1.74. The van der Waals surface area contributed by atoms with E-state index in [1.807, 2.05) is 54.3 Å². The van der Waals surface area contributed by atoms with Gasteiger partial charge in [0, 0.05) is 38.2 Å². The number of para-hydroxylation sites is 1. The molecule has 0 spiro atoms. The molecule has 1 amide bonds. The molecular weight excluding hydrogens is 482 g/mol. The molecular formula is C28H31N7O3. The number of aryl methyl sites for hydroxylation is 1. The largest absolute Gasteiger partial charge is 0.483 e. The van der Waals surface area contributed by atoms with Crippen LogP contribution < -0.4 is 14.4 Å². The predicted molar refractivity (Wildman–Crippen MR) is 143 cm³/mol. The number of aromatic nitrogens is 5. The molecule has 0 saturated carbocycles. The van der Waals surface area contributed by atoms with Gasteiger partial charge in [0.15, 0.2) is 34.6 Å². The van der Waals surface area contributed by atoms with Crippen molar-refractivity contribution in [1.82, 2.24) is 29.9 Å². The van der Waals surface area contributed by atoms with E-state index in [0.717, 1.165) is 29.2 Å². The van der Waals surface area contributed by atoms with Gasteiger partial charge in [-0.3, -0.25) is 4.79 Å². The third kappa shape index (κ3) is 4.40. The SMILES string of the molecule is Cc1ccc(-n2nnc3c(N4CCN(C(=O)C(C)Oc5cccc6c5OC(C)(C)C6)CC4)ncnc32)cc1. The fraction of sp³-hybridized carbons (Fsp3) is 0.393. The lowest BCUT2D eigenvalue weighted by atomic mass is 10.0. The summed E-state index contributed by atoms with van der Waals surface area (Å²) in [6, 6.07) is 13.9. The average molecular weight is 514 g/mol.